The molecule has 4 heterocycles. The van der Waals surface area contributed by atoms with E-state index in [1.165, 1.54) is 28.4 Å². The van der Waals surface area contributed by atoms with E-state index in [1.54, 1.807) is 6.26 Å². The van der Waals surface area contributed by atoms with Gasteiger partial charge in [-0.15, -0.1) is 0 Å². The van der Waals surface area contributed by atoms with Crippen LogP contribution in [0.1, 0.15) is 11.3 Å². The Morgan fingerprint density at radius 1 is 1.03 bits per heavy atom. The zero-order chi connectivity index (χ0) is 21.5. The Labute approximate surface area is 188 Å². The van der Waals surface area contributed by atoms with Crippen LogP contribution in [-0.2, 0) is 17.8 Å². The summed E-state index contributed by atoms with van der Waals surface area (Å²) in [6.07, 6.45) is 2.46. The maximum Gasteiger partial charge on any atom is 0.233 e. The van der Waals surface area contributed by atoms with Crippen LogP contribution in [0, 0.1) is 0 Å². The van der Waals surface area contributed by atoms with Crippen molar-refractivity contribution in [2.24, 2.45) is 0 Å². The SMILES string of the molecule is O=C(CSc1nc(-c2ccco2)nc2ccccc12)N1CCc2[nH]c3ccccc3c2C1. The number of hydrogen-bond donors (Lipinski definition) is 1. The molecule has 5 aromatic rings. The molecule has 2 aromatic carbocycles. The zero-order valence-electron chi connectivity index (χ0n) is 17.2. The van der Waals surface area contributed by atoms with Crippen LogP contribution in [0.25, 0.3) is 33.4 Å². The van der Waals surface area contributed by atoms with Crippen LogP contribution in [-0.4, -0.2) is 38.1 Å². The topological polar surface area (TPSA) is 75.0 Å². The van der Waals surface area contributed by atoms with Crippen molar-refractivity contribution in [1.82, 2.24) is 19.9 Å². The molecule has 0 unspecified atom stereocenters. The number of para-hydroxylation sites is 2. The molecule has 0 saturated carbocycles. The van der Waals surface area contributed by atoms with E-state index in [9.17, 15) is 4.79 Å². The van der Waals surface area contributed by atoms with Crippen molar-refractivity contribution in [1.29, 1.82) is 0 Å². The summed E-state index contributed by atoms with van der Waals surface area (Å²) in [6.45, 7) is 1.36. The molecule has 0 fully saturated rings. The van der Waals surface area contributed by atoms with Crippen molar-refractivity contribution in [3.63, 3.8) is 0 Å². The number of aromatic amines is 1. The summed E-state index contributed by atoms with van der Waals surface area (Å²) in [4.78, 5) is 27.9. The summed E-state index contributed by atoms with van der Waals surface area (Å²) in [6, 6.07) is 19.8. The van der Waals surface area contributed by atoms with Gasteiger partial charge < -0.3 is 14.3 Å². The van der Waals surface area contributed by atoms with Crippen molar-refractivity contribution in [3.05, 3.63) is 78.2 Å². The summed E-state index contributed by atoms with van der Waals surface area (Å²) in [5.74, 6) is 1.60. The zero-order valence-corrected chi connectivity index (χ0v) is 18.1. The van der Waals surface area contributed by atoms with Gasteiger partial charge in [0, 0.05) is 47.1 Å². The van der Waals surface area contributed by atoms with Gasteiger partial charge in [0.15, 0.2) is 11.6 Å². The number of H-pyrrole nitrogens is 1. The van der Waals surface area contributed by atoms with Crippen LogP contribution >= 0.6 is 11.8 Å². The van der Waals surface area contributed by atoms with E-state index in [2.05, 4.69) is 22.1 Å². The highest BCUT2D eigenvalue weighted by Gasteiger charge is 2.24. The van der Waals surface area contributed by atoms with Gasteiger partial charge in [0.2, 0.25) is 5.91 Å². The first-order valence-corrected chi connectivity index (χ1v) is 11.5. The van der Waals surface area contributed by atoms with Crippen molar-refractivity contribution in [2.75, 3.05) is 12.3 Å². The van der Waals surface area contributed by atoms with Gasteiger partial charge in [-0.1, -0.05) is 48.2 Å². The number of fused-ring (bicyclic) bond motifs is 4. The summed E-state index contributed by atoms with van der Waals surface area (Å²) in [7, 11) is 0. The Morgan fingerprint density at radius 3 is 2.75 bits per heavy atom. The monoisotopic (exact) mass is 440 g/mol. The molecule has 0 radical (unpaired) electrons. The van der Waals surface area contributed by atoms with E-state index in [4.69, 9.17) is 9.40 Å². The second-order valence-electron chi connectivity index (χ2n) is 7.83. The molecular formula is C25H20N4O2S. The highest BCUT2D eigenvalue weighted by Crippen LogP contribution is 2.31. The van der Waals surface area contributed by atoms with Gasteiger partial charge in [-0.25, -0.2) is 9.97 Å². The van der Waals surface area contributed by atoms with Crippen LogP contribution in [0.3, 0.4) is 0 Å². The van der Waals surface area contributed by atoms with E-state index in [-0.39, 0.29) is 5.91 Å². The number of nitrogens with one attached hydrogen (secondary N) is 1. The molecule has 1 N–H and O–H groups in total. The fourth-order valence-corrected chi connectivity index (χ4v) is 5.20. The van der Waals surface area contributed by atoms with Gasteiger partial charge in [0.1, 0.15) is 5.03 Å². The third-order valence-corrected chi connectivity index (χ3v) is 6.85. The first-order valence-electron chi connectivity index (χ1n) is 10.6. The number of carbonyl (C=O) groups is 1. The van der Waals surface area contributed by atoms with E-state index in [1.807, 2.05) is 53.4 Å². The lowest BCUT2D eigenvalue weighted by molar-refractivity contribution is -0.129. The smallest absolute Gasteiger partial charge is 0.233 e. The van der Waals surface area contributed by atoms with E-state index < -0.39 is 0 Å². The summed E-state index contributed by atoms with van der Waals surface area (Å²) < 4.78 is 5.49. The molecule has 0 aliphatic carbocycles. The Morgan fingerprint density at radius 2 is 1.88 bits per heavy atom. The second-order valence-corrected chi connectivity index (χ2v) is 8.79. The highest BCUT2D eigenvalue weighted by molar-refractivity contribution is 8.00. The molecule has 0 saturated heterocycles. The molecule has 0 spiro atoms. The Bertz CT molecular complexity index is 1440. The number of rotatable bonds is 4. The molecule has 1 aliphatic heterocycles. The average molecular weight is 441 g/mol. The predicted octanol–water partition coefficient (Wildman–Crippen LogP) is 5.05. The predicted molar refractivity (Wildman–Crippen MR) is 125 cm³/mol. The molecule has 1 amide bonds. The molecule has 0 bridgehead atoms. The standard InChI is InChI=1S/C25H20N4O2S/c30-23(29-12-11-21-18(14-29)16-6-1-3-8-19(16)26-21)15-32-25-17-7-2-4-9-20(17)27-24(28-25)22-10-5-13-31-22/h1-10,13,26H,11-12,14-15H2. The van der Waals surface area contributed by atoms with Crippen molar-refractivity contribution >= 4 is 39.5 Å². The molecule has 1 aliphatic rings. The average Bonchev–Trinajstić information content (AvgIpc) is 3.50. The molecule has 7 heteroatoms. The third-order valence-electron chi connectivity index (χ3n) is 5.88. The maximum atomic E-state index is 13.1. The fraction of sp³-hybridized carbons (Fsp3) is 0.160. The van der Waals surface area contributed by atoms with Gasteiger partial charge in [0.05, 0.1) is 17.5 Å². The Kier molecular flexibility index (Phi) is 4.69. The fourth-order valence-electron chi connectivity index (χ4n) is 4.27. The number of hydrogen-bond acceptors (Lipinski definition) is 5. The normalized spacial score (nSPS) is 13.6. The van der Waals surface area contributed by atoms with Crippen molar-refractivity contribution in [3.8, 4) is 11.6 Å². The van der Waals surface area contributed by atoms with Crippen LogP contribution < -0.4 is 0 Å². The number of aromatic nitrogens is 3. The minimum absolute atomic E-state index is 0.119. The number of thioether (sulfide) groups is 1. The largest absolute Gasteiger partial charge is 0.461 e. The molecular weight excluding hydrogens is 420 g/mol. The lowest BCUT2D eigenvalue weighted by atomic mass is 10.0. The van der Waals surface area contributed by atoms with E-state index in [0.29, 0.717) is 23.9 Å². The van der Waals surface area contributed by atoms with Gasteiger partial charge >= 0.3 is 0 Å². The van der Waals surface area contributed by atoms with Gasteiger partial charge in [-0.05, 0) is 24.3 Å². The van der Waals surface area contributed by atoms with Crippen molar-refractivity contribution < 1.29 is 9.21 Å². The molecule has 32 heavy (non-hydrogen) atoms. The number of furan rings is 1. The minimum Gasteiger partial charge on any atom is -0.461 e. The molecule has 0 atom stereocenters. The maximum absolute atomic E-state index is 13.1. The summed E-state index contributed by atoms with van der Waals surface area (Å²) in [5.41, 5.74) is 4.45. The Balaban J connectivity index is 1.24. The van der Waals surface area contributed by atoms with Crippen molar-refractivity contribution in [2.45, 2.75) is 18.0 Å². The quantitative estimate of drug-likeness (QED) is 0.313. The third kappa shape index (κ3) is 3.35. The first-order chi connectivity index (χ1) is 15.8. The Hall–Kier alpha value is -3.58. The van der Waals surface area contributed by atoms with E-state index >= 15 is 0 Å². The number of benzene rings is 2. The lowest BCUT2D eigenvalue weighted by Crippen LogP contribution is -2.36. The van der Waals surface area contributed by atoms with Crippen LogP contribution in [0.4, 0.5) is 0 Å². The second kappa shape index (κ2) is 7.84. The minimum atomic E-state index is 0.119. The molecule has 158 valence electrons. The lowest BCUT2D eigenvalue weighted by Gasteiger charge is -2.27. The number of nitrogens with zero attached hydrogens (tertiary/aromatic N) is 3. The highest BCUT2D eigenvalue weighted by atomic mass is 32.2. The van der Waals surface area contributed by atoms with Crippen LogP contribution in [0.2, 0.25) is 0 Å². The number of amides is 1. The van der Waals surface area contributed by atoms with Gasteiger partial charge in [-0.3, -0.25) is 4.79 Å². The van der Waals surface area contributed by atoms with Gasteiger partial charge in [-0.2, -0.15) is 0 Å². The van der Waals surface area contributed by atoms with Crippen LogP contribution in [0.5, 0.6) is 0 Å². The van der Waals surface area contributed by atoms with Gasteiger partial charge in [0.25, 0.3) is 0 Å². The number of carbonyl (C=O) groups excluding carboxylic acids is 1. The summed E-state index contributed by atoms with van der Waals surface area (Å²) >= 11 is 1.46. The first kappa shape index (κ1) is 19.1. The van der Waals surface area contributed by atoms with E-state index in [0.717, 1.165) is 34.4 Å². The van der Waals surface area contributed by atoms with Crippen LogP contribution in [0.15, 0.2) is 76.4 Å². The summed E-state index contributed by atoms with van der Waals surface area (Å²) in [5, 5.41) is 2.94. The molecule has 6 rings (SSSR count). The molecule has 3 aromatic heterocycles. The molecule has 6 nitrogen and oxygen atoms in total.